The van der Waals surface area contributed by atoms with Crippen molar-refractivity contribution in [2.45, 2.75) is 46.0 Å². The lowest BCUT2D eigenvalue weighted by atomic mass is 10.3. The number of rotatable bonds is 8. The Labute approximate surface area is 152 Å². The predicted octanol–water partition coefficient (Wildman–Crippen LogP) is 2.22. The predicted molar refractivity (Wildman–Crippen MR) is 87.8 cm³/mol. The fourth-order valence-corrected chi connectivity index (χ4v) is 2.44. The van der Waals surface area contributed by atoms with E-state index in [0.29, 0.717) is 12.1 Å². The Bertz CT molecular complexity index is 827. The molecule has 1 amide bonds. The maximum absolute atomic E-state index is 12.6. The topological polar surface area (TPSA) is 108 Å². The van der Waals surface area contributed by atoms with Crippen molar-refractivity contribution in [1.82, 2.24) is 24.9 Å². The molecule has 2 rings (SSSR count). The molecule has 0 aliphatic rings. The highest BCUT2D eigenvalue weighted by molar-refractivity contribution is 5.75. The Morgan fingerprint density at radius 1 is 1.30 bits per heavy atom. The van der Waals surface area contributed by atoms with Crippen LogP contribution in [0.25, 0.3) is 0 Å². The Morgan fingerprint density at radius 2 is 2.00 bits per heavy atom. The second kappa shape index (κ2) is 8.18. The van der Waals surface area contributed by atoms with Gasteiger partial charge >= 0.3 is 11.9 Å². The van der Waals surface area contributed by atoms with Crippen LogP contribution in [0, 0.1) is 24.0 Å². The highest BCUT2D eigenvalue weighted by atomic mass is 19.4. The van der Waals surface area contributed by atoms with Crippen molar-refractivity contribution < 1.29 is 22.9 Å². The Balaban J connectivity index is 1.73. The minimum absolute atomic E-state index is 0.0806. The molecule has 0 fully saturated rings. The van der Waals surface area contributed by atoms with Crippen LogP contribution in [-0.4, -0.2) is 36.9 Å². The molecule has 0 saturated carbocycles. The summed E-state index contributed by atoms with van der Waals surface area (Å²) in [6, 6.07) is 0.976. The minimum Gasteiger partial charge on any atom is -0.356 e. The highest BCUT2D eigenvalue weighted by Crippen LogP contribution is 2.28. The standard InChI is InChI=1S/C15H19F3N6O3/c1-10-8-13(15(16,17)18)21-23(10)6-3-5-19-14(25)4-7-22-9-12(24(26)27)11(2)20-22/h8-9H,3-7H2,1-2H3,(H,19,25). The smallest absolute Gasteiger partial charge is 0.356 e. The van der Waals surface area contributed by atoms with E-state index in [1.54, 1.807) is 0 Å². The fourth-order valence-electron chi connectivity index (χ4n) is 2.44. The monoisotopic (exact) mass is 388 g/mol. The van der Waals surface area contributed by atoms with Crippen LogP contribution >= 0.6 is 0 Å². The lowest BCUT2D eigenvalue weighted by Crippen LogP contribution is -2.26. The van der Waals surface area contributed by atoms with Gasteiger partial charge in [0.25, 0.3) is 0 Å². The molecule has 148 valence electrons. The van der Waals surface area contributed by atoms with Crippen molar-refractivity contribution in [3.8, 4) is 0 Å². The normalized spacial score (nSPS) is 11.6. The number of carbonyl (C=O) groups is 1. The van der Waals surface area contributed by atoms with Crippen molar-refractivity contribution in [2.75, 3.05) is 6.54 Å². The molecule has 12 heteroatoms. The summed E-state index contributed by atoms with van der Waals surface area (Å²) in [6.07, 6.45) is -2.72. The number of aromatic nitrogens is 4. The molecule has 0 radical (unpaired) electrons. The van der Waals surface area contributed by atoms with Crippen LogP contribution in [0.5, 0.6) is 0 Å². The molecule has 0 aromatic carbocycles. The van der Waals surface area contributed by atoms with Crippen molar-refractivity contribution >= 4 is 11.6 Å². The fraction of sp³-hybridized carbons (Fsp3) is 0.533. The van der Waals surface area contributed by atoms with Gasteiger partial charge in [-0.1, -0.05) is 0 Å². The number of nitrogens with one attached hydrogen (secondary N) is 1. The summed E-state index contributed by atoms with van der Waals surface area (Å²) < 4.78 is 40.4. The molecule has 0 spiro atoms. The second-order valence-electron chi connectivity index (χ2n) is 5.97. The van der Waals surface area contributed by atoms with E-state index >= 15 is 0 Å². The number of nitro groups is 1. The summed E-state index contributed by atoms with van der Waals surface area (Å²) in [4.78, 5) is 22.0. The largest absolute Gasteiger partial charge is 0.435 e. The van der Waals surface area contributed by atoms with Crippen LogP contribution in [0.15, 0.2) is 12.3 Å². The highest BCUT2D eigenvalue weighted by Gasteiger charge is 2.34. The second-order valence-corrected chi connectivity index (χ2v) is 5.97. The zero-order valence-corrected chi connectivity index (χ0v) is 14.8. The number of aryl methyl sites for hydroxylation is 4. The first-order valence-corrected chi connectivity index (χ1v) is 8.14. The molecule has 2 aromatic rings. The summed E-state index contributed by atoms with van der Waals surface area (Å²) in [5.74, 6) is -0.279. The van der Waals surface area contributed by atoms with E-state index in [4.69, 9.17) is 0 Å². The first-order chi connectivity index (χ1) is 12.6. The molecule has 1 N–H and O–H groups in total. The van der Waals surface area contributed by atoms with E-state index in [9.17, 15) is 28.1 Å². The number of nitrogens with zero attached hydrogens (tertiary/aromatic N) is 5. The zero-order valence-electron chi connectivity index (χ0n) is 14.8. The van der Waals surface area contributed by atoms with Gasteiger partial charge in [0.1, 0.15) is 11.9 Å². The lowest BCUT2D eigenvalue weighted by Gasteiger charge is -2.07. The average molecular weight is 388 g/mol. The van der Waals surface area contributed by atoms with Gasteiger partial charge in [-0.3, -0.25) is 24.3 Å². The molecule has 0 bridgehead atoms. The number of carbonyl (C=O) groups excluding carboxylic acids is 1. The molecule has 2 heterocycles. The first kappa shape index (κ1) is 20.4. The number of hydrogen-bond acceptors (Lipinski definition) is 5. The van der Waals surface area contributed by atoms with E-state index in [1.807, 2.05) is 0 Å². The van der Waals surface area contributed by atoms with Gasteiger partial charge < -0.3 is 5.32 Å². The van der Waals surface area contributed by atoms with Crippen LogP contribution < -0.4 is 5.32 Å². The van der Waals surface area contributed by atoms with Crippen molar-refractivity contribution in [2.24, 2.45) is 0 Å². The molecule has 0 atom stereocenters. The van der Waals surface area contributed by atoms with E-state index in [1.165, 1.54) is 29.4 Å². The quantitative estimate of drug-likeness (QED) is 0.424. The average Bonchev–Trinajstić information content (AvgIpc) is 3.12. The Hall–Kier alpha value is -2.92. The third-order valence-electron chi connectivity index (χ3n) is 3.83. The summed E-state index contributed by atoms with van der Waals surface area (Å²) in [5, 5.41) is 20.9. The maximum Gasteiger partial charge on any atom is 0.435 e. The van der Waals surface area contributed by atoms with Crippen molar-refractivity contribution in [3.63, 3.8) is 0 Å². The number of hydrogen-bond donors (Lipinski definition) is 1. The van der Waals surface area contributed by atoms with Gasteiger partial charge in [-0.2, -0.15) is 23.4 Å². The number of halogens is 3. The van der Waals surface area contributed by atoms with Crippen LogP contribution in [0.4, 0.5) is 18.9 Å². The summed E-state index contributed by atoms with van der Waals surface area (Å²) in [7, 11) is 0. The first-order valence-electron chi connectivity index (χ1n) is 8.14. The van der Waals surface area contributed by atoms with Gasteiger partial charge in [0.05, 0.1) is 4.92 Å². The molecule has 0 aliphatic heterocycles. The summed E-state index contributed by atoms with van der Waals surface area (Å²) in [6.45, 7) is 3.75. The van der Waals surface area contributed by atoms with Crippen molar-refractivity contribution in [1.29, 1.82) is 0 Å². The van der Waals surface area contributed by atoms with Gasteiger partial charge in [0, 0.05) is 31.7 Å². The molecule has 0 saturated heterocycles. The number of amides is 1. The van der Waals surface area contributed by atoms with Gasteiger partial charge in [-0.15, -0.1) is 0 Å². The summed E-state index contributed by atoms with van der Waals surface area (Å²) >= 11 is 0. The third-order valence-corrected chi connectivity index (χ3v) is 3.83. The van der Waals surface area contributed by atoms with Gasteiger partial charge in [0.15, 0.2) is 5.69 Å². The van der Waals surface area contributed by atoms with Crippen LogP contribution in [0.3, 0.4) is 0 Å². The molecule has 27 heavy (non-hydrogen) atoms. The molecular formula is C15H19F3N6O3. The van der Waals surface area contributed by atoms with E-state index in [0.717, 1.165) is 6.07 Å². The van der Waals surface area contributed by atoms with E-state index in [2.05, 4.69) is 15.5 Å². The van der Waals surface area contributed by atoms with E-state index in [-0.39, 0.29) is 43.3 Å². The van der Waals surface area contributed by atoms with Crippen molar-refractivity contribution in [3.05, 3.63) is 39.5 Å². The van der Waals surface area contributed by atoms with Crippen LogP contribution in [0.2, 0.25) is 0 Å². The SMILES string of the molecule is Cc1nn(CCC(=O)NCCCn2nc(C(F)(F)F)cc2C)cc1[N+](=O)[O-]. The molecule has 2 aromatic heterocycles. The van der Waals surface area contributed by atoms with Crippen LogP contribution in [-0.2, 0) is 24.1 Å². The molecular weight excluding hydrogens is 369 g/mol. The Morgan fingerprint density at radius 3 is 2.56 bits per heavy atom. The van der Waals surface area contributed by atoms with E-state index < -0.39 is 16.8 Å². The van der Waals surface area contributed by atoms with Crippen LogP contribution in [0.1, 0.15) is 29.9 Å². The third kappa shape index (κ3) is 5.53. The summed E-state index contributed by atoms with van der Waals surface area (Å²) in [5.41, 5.74) is -0.381. The van der Waals surface area contributed by atoms with Gasteiger partial charge in [-0.05, 0) is 26.3 Å². The van der Waals surface area contributed by atoms with Gasteiger partial charge in [-0.25, -0.2) is 0 Å². The van der Waals surface area contributed by atoms with Gasteiger partial charge in [0.2, 0.25) is 5.91 Å². The number of alkyl halides is 3. The maximum atomic E-state index is 12.6. The molecule has 9 nitrogen and oxygen atoms in total. The molecule has 0 aliphatic carbocycles. The molecule has 0 unspecified atom stereocenters. The Kier molecular flexibility index (Phi) is 6.18. The zero-order chi connectivity index (χ0) is 20.2. The minimum atomic E-state index is -4.48. The lowest BCUT2D eigenvalue weighted by molar-refractivity contribution is -0.385.